The van der Waals surface area contributed by atoms with Crippen molar-refractivity contribution >= 4 is 11.6 Å². The van der Waals surface area contributed by atoms with E-state index in [1.54, 1.807) is 0 Å². The van der Waals surface area contributed by atoms with Crippen LogP contribution >= 0.6 is 0 Å². The number of ether oxygens (including phenoxy) is 1. The summed E-state index contributed by atoms with van der Waals surface area (Å²) >= 11 is 0. The van der Waals surface area contributed by atoms with Crippen LogP contribution in [0.1, 0.15) is 77.3 Å². The number of benzene rings is 2. The number of aromatic nitrogens is 1. The van der Waals surface area contributed by atoms with Gasteiger partial charge in [-0.1, -0.05) is 31.2 Å². The number of nitrogens with one attached hydrogen (secondary N) is 3. The summed E-state index contributed by atoms with van der Waals surface area (Å²) in [6.07, 6.45) is 3.83. The summed E-state index contributed by atoms with van der Waals surface area (Å²) in [5.41, 5.74) is 7.50. The quantitative estimate of drug-likeness (QED) is 0.277. The summed E-state index contributed by atoms with van der Waals surface area (Å²) in [6.45, 7) is 10.9. The van der Waals surface area contributed by atoms with Gasteiger partial charge in [-0.3, -0.25) is 14.5 Å². The van der Waals surface area contributed by atoms with E-state index in [9.17, 15) is 14.0 Å². The molecule has 3 unspecified atom stereocenters. The van der Waals surface area contributed by atoms with E-state index >= 15 is 0 Å². The van der Waals surface area contributed by atoms with Crippen LogP contribution < -0.4 is 16.2 Å². The first-order chi connectivity index (χ1) is 20.7. The highest BCUT2D eigenvalue weighted by Gasteiger charge is 2.24. The molecule has 2 aliphatic rings. The summed E-state index contributed by atoms with van der Waals surface area (Å²) < 4.78 is 19.8. The number of H-pyrrole nitrogens is 1. The van der Waals surface area contributed by atoms with Crippen LogP contribution in [0, 0.1) is 20.8 Å². The Morgan fingerprint density at radius 1 is 1.09 bits per heavy atom. The van der Waals surface area contributed by atoms with Gasteiger partial charge in [0, 0.05) is 54.8 Å². The van der Waals surface area contributed by atoms with Crippen molar-refractivity contribution in [3.05, 3.63) is 86.3 Å². The molecule has 3 heterocycles. The topological polar surface area (TPSA) is 86.5 Å². The van der Waals surface area contributed by atoms with E-state index in [0.29, 0.717) is 30.7 Å². The van der Waals surface area contributed by atoms with Gasteiger partial charge in [0.2, 0.25) is 0 Å². The van der Waals surface area contributed by atoms with Gasteiger partial charge >= 0.3 is 0 Å². The van der Waals surface area contributed by atoms with E-state index in [1.165, 1.54) is 0 Å². The molecule has 7 nitrogen and oxygen atoms in total. The zero-order valence-electron chi connectivity index (χ0n) is 25.9. The van der Waals surface area contributed by atoms with E-state index in [-0.39, 0.29) is 30.2 Å². The Morgan fingerprint density at radius 2 is 1.88 bits per heavy atom. The molecule has 3 aromatic rings. The molecule has 3 N–H and O–H groups in total. The van der Waals surface area contributed by atoms with Crippen LogP contribution in [0.5, 0.6) is 0 Å². The number of rotatable bonds is 9. The number of likely N-dealkylation sites (tertiary alicyclic amines) is 1. The van der Waals surface area contributed by atoms with Gasteiger partial charge in [-0.25, -0.2) is 4.39 Å². The number of carbonyl (C=O) groups excluding carboxylic acids is 1. The van der Waals surface area contributed by atoms with Crippen molar-refractivity contribution in [1.29, 1.82) is 0 Å². The highest BCUT2D eigenvalue weighted by atomic mass is 19.1. The summed E-state index contributed by atoms with van der Waals surface area (Å²) in [6, 6.07) is 14.6. The minimum Gasteiger partial charge on any atom is -0.382 e. The van der Waals surface area contributed by atoms with E-state index in [2.05, 4.69) is 57.8 Å². The lowest BCUT2D eigenvalue weighted by Gasteiger charge is -2.31. The molecule has 2 saturated heterocycles. The molecule has 0 aliphatic carbocycles. The third kappa shape index (κ3) is 7.73. The lowest BCUT2D eigenvalue weighted by molar-refractivity contribution is 0.00924. The molecule has 43 heavy (non-hydrogen) atoms. The molecule has 1 amide bonds. The molecule has 0 spiro atoms. The zero-order valence-corrected chi connectivity index (χ0v) is 25.9. The number of hydrogen-bond donors (Lipinski definition) is 3. The lowest BCUT2D eigenvalue weighted by atomic mass is 9.95. The first-order valence-corrected chi connectivity index (χ1v) is 15.7. The fourth-order valence-electron chi connectivity index (χ4n) is 6.35. The normalized spacial score (nSPS) is 21.0. The van der Waals surface area contributed by atoms with Crippen LogP contribution in [-0.4, -0.2) is 53.8 Å². The Kier molecular flexibility index (Phi) is 9.98. The highest BCUT2D eigenvalue weighted by Crippen LogP contribution is 2.31. The molecule has 1 aromatic heterocycles. The molecule has 0 radical (unpaired) electrons. The molecule has 0 bridgehead atoms. The first kappa shape index (κ1) is 31.0. The monoisotopic (exact) mass is 588 g/mol. The zero-order chi connectivity index (χ0) is 30.5. The highest BCUT2D eigenvalue weighted by molar-refractivity contribution is 5.98. The standard InChI is InChI=1S/C35H45FN4O3/c1-5-30-18-29(12-14-43-30)39-33-17-27(26-10-8-25(9-11-26)20-40-13-6-7-28(36)21-40)16-31(24(33)4)34(41)37-19-32-22(2)15-23(3)38-35(32)42/h8-11,15-17,28-30,39H,5-7,12-14,18-21H2,1-4H3,(H,37,41)(H,38,42). The average Bonchev–Trinajstić information content (AvgIpc) is 2.98. The predicted molar refractivity (Wildman–Crippen MR) is 170 cm³/mol. The average molecular weight is 589 g/mol. The molecule has 2 aromatic carbocycles. The van der Waals surface area contributed by atoms with Crippen LogP contribution in [0.3, 0.4) is 0 Å². The number of aromatic amines is 1. The number of carbonyl (C=O) groups is 1. The summed E-state index contributed by atoms with van der Waals surface area (Å²) in [5, 5.41) is 6.73. The van der Waals surface area contributed by atoms with Crippen molar-refractivity contribution in [2.24, 2.45) is 0 Å². The van der Waals surface area contributed by atoms with Crippen molar-refractivity contribution in [3.8, 4) is 11.1 Å². The van der Waals surface area contributed by atoms with Crippen LogP contribution in [0.25, 0.3) is 11.1 Å². The molecular weight excluding hydrogens is 543 g/mol. The number of amides is 1. The maximum absolute atomic E-state index is 13.9. The van der Waals surface area contributed by atoms with Gasteiger partial charge in [0.1, 0.15) is 6.17 Å². The van der Waals surface area contributed by atoms with Crippen LogP contribution in [0.15, 0.2) is 47.3 Å². The molecule has 230 valence electrons. The molecule has 8 heteroatoms. The largest absolute Gasteiger partial charge is 0.382 e. The Balaban J connectivity index is 1.41. The number of alkyl halides is 1. The van der Waals surface area contributed by atoms with Gasteiger partial charge in [0.15, 0.2) is 0 Å². The number of anilines is 1. The van der Waals surface area contributed by atoms with Gasteiger partial charge in [-0.05, 0) is 105 Å². The second-order valence-electron chi connectivity index (χ2n) is 12.3. The van der Waals surface area contributed by atoms with Crippen molar-refractivity contribution < 1.29 is 13.9 Å². The van der Waals surface area contributed by atoms with Crippen molar-refractivity contribution in [3.63, 3.8) is 0 Å². The maximum atomic E-state index is 13.9. The number of pyridine rings is 1. The second-order valence-corrected chi connectivity index (χ2v) is 12.3. The first-order valence-electron chi connectivity index (χ1n) is 15.7. The fourth-order valence-corrected chi connectivity index (χ4v) is 6.35. The summed E-state index contributed by atoms with van der Waals surface area (Å²) in [4.78, 5) is 31.2. The molecule has 3 atom stereocenters. The second kappa shape index (κ2) is 13.9. The number of nitrogens with zero attached hydrogens (tertiary/aromatic N) is 1. The van der Waals surface area contributed by atoms with E-state index in [4.69, 9.17) is 4.74 Å². The Bertz CT molecular complexity index is 1490. The Hall–Kier alpha value is -3.49. The lowest BCUT2D eigenvalue weighted by Crippen LogP contribution is -2.35. The molecule has 5 rings (SSSR count). The minimum absolute atomic E-state index is 0.149. The smallest absolute Gasteiger partial charge is 0.253 e. The van der Waals surface area contributed by atoms with Crippen LogP contribution in [0.2, 0.25) is 0 Å². The van der Waals surface area contributed by atoms with E-state index in [1.807, 2.05) is 32.9 Å². The van der Waals surface area contributed by atoms with Gasteiger partial charge < -0.3 is 20.4 Å². The number of hydrogen-bond acceptors (Lipinski definition) is 5. The van der Waals surface area contributed by atoms with Crippen molar-refractivity contribution in [1.82, 2.24) is 15.2 Å². The predicted octanol–water partition coefficient (Wildman–Crippen LogP) is 6.20. The fraction of sp³-hybridized carbons (Fsp3) is 0.486. The Morgan fingerprint density at radius 3 is 2.60 bits per heavy atom. The number of aryl methyl sites for hydroxylation is 2. The SMILES string of the molecule is CCC1CC(Nc2cc(-c3ccc(CN4CCCC(F)C4)cc3)cc(C(=O)NCc3c(C)cc(C)[nH]c3=O)c2C)CCO1. The number of halogens is 1. The summed E-state index contributed by atoms with van der Waals surface area (Å²) in [5.74, 6) is -0.220. The van der Waals surface area contributed by atoms with Crippen LogP contribution in [-0.2, 0) is 17.8 Å². The molecular formula is C35H45FN4O3. The third-order valence-electron chi connectivity index (χ3n) is 8.90. The Labute approximate surface area is 254 Å². The van der Waals surface area contributed by atoms with Gasteiger partial charge in [0.05, 0.1) is 6.10 Å². The maximum Gasteiger partial charge on any atom is 0.253 e. The van der Waals surface area contributed by atoms with Crippen LogP contribution in [0.4, 0.5) is 10.1 Å². The van der Waals surface area contributed by atoms with E-state index in [0.717, 1.165) is 78.0 Å². The number of piperidine rings is 1. The third-order valence-corrected chi connectivity index (χ3v) is 8.90. The molecule has 0 saturated carbocycles. The van der Waals surface area contributed by atoms with E-state index < -0.39 is 6.17 Å². The van der Waals surface area contributed by atoms with Gasteiger partial charge in [-0.2, -0.15) is 0 Å². The van der Waals surface area contributed by atoms with Crippen molar-refractivity contribution in [2.75, 3.05) is 25.0 Å². The molecule has 2 fully saturated rings. The van der Waals surface area contributed by atoms with Crippen molar-refractivity contribution in [2.45, 2.75) is 91.2 Å². The molecule has 2 aliphatic heterocycles. The summed E-state index contributed by atoms with van der Waals surface area (Å²) in [7, 11) is 0. The van der Waals surface area contributed by atoms with Gasteiger partial charge in [-0.15, -0.1) is 0 Å². The minimum atomic E-state index is -0.743. The van der Waals surface area contributed by atoms with Gasteiger partial charge in [0.25, 0.3) is 11.5 Å².